The molecule has 0 bridgehead atoms. The quantitative estimate of drug-likeness (QED) is 0.838. The molecule has 7 heteroatoms. The van der Waals surface area contributed by atoms with Crippen LogP contribution < -0.4 is 10.6 Å². The Kier molecular flexibility index (Phi) is 5.56. The number of rotatable bonds is 6. The SMILES string of the molecule is CCNC(=O)c1ccc(NC(C)c2ccc(S(C)(=O)=O)cc2)nc1. The maximum absolute atomic E-state index is 11.7. The summed E-state index contributed by atoms with van der Waals surface area (Å²) in [6, 6.07) is 10.1. The summed E-state index contributed by atoms with van der Waals surface area (Å²) in [4.78, 5) is 16.2. The van der Waals surface area contributed by atoms with Crippen LogP contribution in [0.25, 0.3) is 0 Å². The summed E-state index contributed by atoms with van der Waals surface area (Å²) < 4.78 is 23.0. The van der Waals surface area contributed by atoms with Crippen LogP contribution in [0.3, 0.4) is 0 Å². The Balaban J connectivity index is 2.06. The molecule has 1 amide bonds. The molecule has 1 atom stereocenters. The average Bonchev–Trinajstić information content (AvgIpc) is 2.55. The van der Waals surface area contributed by atoms with Crippen molar-refractivity contribution in [3.8, 4) is 0 Å². The number of sulfone groups is 1. The van der Waals surface area contributed by atoms with Gasteiger partial charge in [-0.2, -0.15) is 0 Å². The largest absolute Gasteiger partial charge is 0.364 e. The highest BCUT2D eigenvalue weighted by atomic mass is 32.2. The first-order chi connectivity index (χ1) is 11.3. The molecule has 6 nitrogen and oxygen atoms in total. The Morgan fingerprint density at radius 2 is 1.83 bits per heavy atom. The fourth-order valence-corrected chi connectivity index (χ4v) is 2.82. The molecule has 2 N–H and O–H groups in total. The van der Waals surface area contributed by atoms with Gasteiger partial charge in [-0.1, -0.05) is 12.1 Å². The van der Waals surface area contributed by atoms with Crippen molar-refractivity contribution in [2.45, 2.75) is 24.8 Å². The van der Waals surface area contributed by atoms with Crippen LogP contribution in [-0.2, 0) is 9.84 Å². The molecule has 0 spiro atoms. The van der Waals surface area contributed by atoms with E-state index in [-0.39, 0.29) is 11.9 Å². The van der Waals surface area contributed by atoms with Crippen LogP contribution in [0.4, 0.5) is 5.82 Å². The summed E-state index contributed by atoms with van der Waals surface area (Å²) >= 11 is 0. The first-order valence-corrected chi connectivity index (χ1v) is 9.51. The summed E-state index contributed by atoms with van der Waals surface area (Å²) in [7, 11) is -3.19. The molecule has 1 unspecified atom stereocenters. The first-order valence-electron chi connectivity index (χ1n) is 7.62. The maximum atomic E-state index is 11.7. The third-order valence-electron chi connectivity index (χ3n) is 3.54. The maximum Gasteiger partial charge on any atom is 0.252 e. The van der Waals surface area contributed by atoms with Gasteiger partial charge >= 0.3 is 0 Å². The molecule has 0 fully saturated rings. The number of amides is 1. The van der Waals surface area contributed by atoms with Gasteiger partial charge in [0.25, 0.3) is 5.91 Å². The fraction of sp³-hybridized carbons (Fsp3) is 0.294. The average molecular weight is 347 g/mol. The van der Waals surface area contributed by atoms with Gasteiger partial charge in [0.1, 0.15) is 5.82 Å². The lowest BCUT2D eigenvalue weighted by Gasteiger charge is -2.15. The van der Waals surface area contributed by atoms with E-state index in [0.717, 1.165) is 5.56 Å². The van der Waals surface area contributed by atoms with Crippen LogP contribution in [0.5, 0.6) is 0 Å². The summed E-state index contributed by atoms with van der Waals surface area (Å²) in [6.07, 6.45) is 2.71. The minimum Gasteiger partial charge on any atom is -0.364 e. The van der Waals surface area contributed by atoms with Crippen molar-refractivity contribution in [2.75, 3.05) is 18.1 Å². The number of nitrogens with one attached hydrogen (secondary N) is 2. The molecular weight excluding hydrogens is 326 g/mol. The van der Waals surface area contributed by atoms with Crippen LogP contribution in [0, 0.1) is 0 Å². The van der Waals surface area contributed by atoms with E-state index in [1.54, 1.807) is 36.4 Å². The van der Waals surface area contributed by atoms with Gasteiger partial charge in [0.15, 0.2) is 9.84 Å². The molecule has 0 aliphatic rings. The van der Waals surface area contributed by atoms with E-state index in [1.807, 2.05) is 13.8 Å². The van der Waals surface area contributed by atoms with Crippen molar-refractivity contribution in [3.63, 3.8) is 0 Å². The van der Waals surface area contributed by atoms with Gasteiger partial charge in [-0.3, -0.25) is 4.79 Å². The number of anilines is 1. The number of hydrogen-bond donors (Lipinski definition) is 2. The third-order valence-corrected chi connectivity index (χ3v) is 4.66. The molecule has 0 saturated carbocycles. The molecule has 24 heavy (non-hydrogen) atoms. The van der Waals surface area contributed by atoms with Crippen LogP contribution in [0.2, 0.25) is 0 Å². The number of aromatic nitrogens is 1. The Hall–Kier alpha value is -2.41. The normalized spacial score (nSPS) is 12.5. The fourth-order valence-electron chi connectivity index (χ4n) is 2.19. The number of hydrogen-bond acceptors (Lipinski definition) is 5. The second-order valence-corrected chi connectivity index (χ2v) is 7.51. The van der Waals surface area contributed by atoms with Crippen LogP contribution in [0.1, 0.15) is 35.8 Å². The summed E-state index contributed by atoms with van der Waals surface area (Å²) in [5.74, 6) is 0.490. The van der Waals surface area contributed by atoms with Crippen molar-refractivity contribution in [2.24, 2.45) is 0 Å². The van der Waals surface area contributed by atoms with E-state index >= 15 is 0 Å². The van der Waals surface area contributed by atoms with Crippen LogP contribution in [0.15, 0.2) is 47.5 Å². The molecule has 1 aromatic carbocycles. The van der Waals surface area contributed by atoms with Crippen molar-refractivity contribution in [3.05, 3.63) is 53.7 Å². The molecule has 0 aliphatic carbocycles. The van der Waals surface area contributed by atoms with Crippen molar-refractivity contribution in [1.29, 1.82) is 0 Å². The minimum absolute atomic E-state index is 0.0542. The summed E-state index contributed by atoms with van der Waals surface area (Å²) in [5, 5.41) is 5.94. The Labute approximate surface area is 142 Å². The van der Waals surface area contributed by atoms with Crippen molar-refractivity contribution in [1.82, 2.24) is 10.3 Å². The minimum atomic E-state index is -3.19. The molecule has 2 rings (SSSR count). The van der Waals surface area contributed by atoms with Crippen LogP contribution in [-0.4, -0.2) is 32.1 Å². The zero-order valence-electron chi connectivity index (χ0n) is 13.9. The second kappa shape index (κ2) is 7.44. The van der Waals surface area contributed by atoms with Gasteiger partial charge in [-0.05, 0) is 43.7 Å². The highest BCUT2D eigenvalue weighted by molar-refractivity contribution is 7.90. The highest BCUT2D eigenvalue weighted by Gasteiger charge is 2.10. The third kappa shape index (κ3) is 4.55. The number of carbonyl (C=O) groups is 1. The zero-order valence-corrected chi connectivity index (χ0v) is 14.7. The molecule has 0 saturated heterocycles. The molecular formula is C17H21N3O3S. The zero-order chi connectivity index (χ0) is 17.7. The smallest absolute Gasteiger partial charge is 0.252 e. The first kappa shape index (κ1) is 17.9. The standard InChI is InChI=1S/C17H21N3O3S/c1-4-18-17(21)14-7-10-16(19-11-14)20-12(2)13-5-8-15(9-6-13)24(3,22)23/h5-12H,4H2,1-3H3,(H,18,21)(H,19,20). The number of nitrogens with zero attached hydrogens (tertiary/aromatic N) is 1. The van der Waals surface area contributed by atoms with Gasteiger partial charge in [0.2, 0.25) is 0 Å². The molecule has 128 valence electrons. The lowest BCUT2D eigenvalue weighted by Crippen LogP contribution is -2.22. The Morgan fingerprint density at radius 1 is 1.17 bits per heavy atom. The van der Waals surface area contributed by atoms with E-state index in [4.69, 9.17) is 0 Å². The van der Waals surface area contributed by atoms with Gasteiger partial charge < -0.3 is 10.6 Å². The number of benzene rings is 1. The molecule has 2 aromatic rings. The Bertz CT molecular complexity index is 800. The van der Waals surface area contributed by atoms with E-state index < -0.39 is 9.84 Å². The van der Waals surface area contributed by atoms with Gasteiger partial charge in [-0.15, -0.1) is 0 Å². The molecule has 0 aliphatic heterocycles. The Morgan fingerprint density at radius 3 is 2.33 bits per heavy atom. The van der Waals surface area contributed by atoms with Gasteiger partial charge in [-0.25, -0.2) is 13.4 Å². The number of carbonyl (C=O) groups excluding carboxylic acids is 1. The highest BCUT2D eigenvalue weighted by Crippen LogP contribution is 2.20. The molecule has 1 aromatic heterocycles. The second-order valence-electron chi connectivity index (χ2n) is 5.50. The van der Waals surface area contributed by atoms with Gasteiger partial charge in [0, 0.05) is 25.0 Å². The predicted octanol–water partition coefficient (Wildman–Crippen LogP) is 2.41. The summed E-state index contributed by atoms with van der Waals surface area (Å²) in [5.41, 5.74) is 1.45. The van der Waals surface area contributed by atoms with Crippen LogP contribution >= 0.6 is 0 Å². The van der Waals surface area contributed by atoms with E-state index in [9.17, 15) is 13.2 Å². The number of pyridine rings is 1. The van der Waals surface area contributed by atoms with E-state index in [0.29, 0.717) is 22.8 Å². The lowest BCUT2D eigenvalue weighted by atomic mass is 10.1. The van der Waals surface area contributed by atoms with Gasteiger partial charge in [0.05, 0.1) is 10.5 Å². The molecule has 0 radical (unpaired) electrons. The monoisotopic (exact) mass is 347 g/mol. The topological polar surface area (TPSA) is 88.2 Å². The van der Waals surface area contributed by atoms with Crippen molar-refractivity contribution >= 4 is 21.6 Å². The summed E-state index contributed by atoms with van der Waals surface area (Å²) in [6.45, 7) is 4.38. The van der Waals surface area contributed by atoms with Crippen molar-refractivity contribution < 1.29 is 13.2 Å². The lowest BCUT2D eigenvalue weighted by molar-refractivity contribution is 0.0955. The molecule has 1 heterocycles. The van der Waals surface area contributed by atoms with E-state index in [2.05, 4.69) is 15.6 Å². The predicted molar refractivity (Wildman–Crippen MR) is 93.8 cm³/mol. The van der Waals surface area contributed by atoms with E-state index in [1.165, 1.54) is 12.5 Å².